The Kier molecular flexibility index (Phi) is 7.96. The topological polar surface area (TPSA) is 103 Å². The highest BCUT2D eigenvalue weighted by Gasteiger charge is 2.34. The van der Waals surface area contributed by atoms with Gasteiger partial charge in [0, 0.05) is 19.0 Å². The summed E-state index contributed by atoms with van der Waals surface area (Å²) in [6.07, 6.45) is -3.24. The number of carbonyl (C=O) groups excluding carboxylic acids is 3. The summed E-state index contributed by atoms with van der Waals surface area (Å²) in [6, 6.07) is 4.29. The van der Waals surface area contributed by atoms with Crippen molar-refractivity contribution < 1.29 is 37.1 Å². The molecule has 3 saturated heterocycles. The number of rotatable bonds is 6. The van der Waals surface area contributed by atoms with Gasteiger partial charge in [0.05, 0.1) is 37.6 Å². The van der Waals surface area contributed by atoms with Crippen LogP contribution in [0.4, 0.5) is 29.3 Å². The van der Waals surface area contributed by atoms with Gasteiger partial charge in [0.1, 0.15) is 11.9 Å². The molecule has 0 spiro atoms. The Balaban J connectivity index is 1.35. The summed E-state index contributed by atoms with van der Waals surface area (Å²) in [6.45, 7) is 2.58. The van der Waals surface area contributed by atoms with E-state index >= 15 is 4.39 Å². The number of nitrogens with one attached hydrogen (secondary N) is 2. The molecular weight excluding hydrogens is 471 g/mol. The number of amides is 3. The Morgan fingerprint density at radius 2 is 1.94 bits per heavy atom. The Bertz CT molecular complexity index is 946. The third kappa shape index (κ3) is 5.96. The fourth-order valence-electron chi connectivity index (χ4n) is 4.39. The van der Waals surface area contributed by atoms with E-state index in [4.69, 9.17) is 9.57 Å². The molecule has 0 unspecified atom stereocenters. The molecule has 1 aromatic carbocycles. The second-order valence-corrected chi connectivity index (χ2v) is 8.58. The maximum Gasteiger partial charge on any atom is 0.414 e. The molecule has 0 aliphatic carbocycles. The van der Waals surface area contributed by atoms with E-state index in [0.29, 0.717) is 25.3 Å². The van der Waals surface area contributed by atoms with Crippen molar-refractivity contribution in [3.05, 3.63) is 24.0 Å². The van der Waals surface area contributed by atoms with E-state index in [1.807, 2.05) is 5.32 Å². The molecule has 35 heavy (non-hydrogen) atoms. The third-order valence-electron chi connectivity index (χ3n) is 6.28. The van der Waals surface area contributed by atoms with Crippen molar-refractivity contribution in [3.63, 3.8) is 0 Å². The molecule has 2 N–H and O–H groups in total. The van der Waals surface area contributed by atoms with Gasteiger partial charge < -0.3 is 20.3 Å². The van der Waals surface area contributed by atoms with Crippen LogP contribution in [0.25, 0.3) is 0 Å². The predicted octanol–water partition coefficient (Wildman–Crippen LogP) is 1.11. The predicted molar refractivity (Wildman–Crippen MR) is 119 cm³/mol. The number of nitrogens with zero attached hydrogens (tertiary/aromatic N) is 3. The van der Waals surface area contributed by atoms with Gasteiger partial charge in [0.25, 0.3) is 5.91 Å². The monoisotopic (exact) mass is 499 g/mol. The first-order valence-corrected chi connectivity index (χ1v) is 11.6. The highest BCUT2D eigenvalue weighted by Crippen LogP contribution is 2.28. The van der Waals surface area contributed by atoms with Crippen molar-refractivity contribution >= 4 is 29.3 Å². The Hall–Kier alpha value is -3.06. The SMILES string of the molecule is O=C(NC[C@H]1CN(c2ccc(N3CCON(C(=O)C4CCNCC4)CC3)c(F)c2)C(=O)O1)C(F)F. The minimum atomic E-state index is -3.16. The molecule has 10 nitrogen and oxygen atoms in total. The maximum atomic E-state index is 15.0. The molecular formula is C22H28F3N5O5. The van der Waals surface area contributed by atoms with Gasteiger partial charge >= 0.3 is 12.5 Å². The molecule has 192 valence electrons. The zero-order valence-electron chi connectivity index (χ0n) is 19.1. The Morgan fingerprint density at radius 1 is 1.17 bits per heavy atom. The van der Waals surface area contributed by atoms with Crippen molar-refractivity contribution in [3.8, 4) is 0 Å². The number of ether oxygens (including phenoxy) is 1. The third-order valence-corrected chi connectivity index (χ3v) is 6.28. The van der Waals surface area contributed by atoms with Crippen LogP contribution < -0.4 is 20.4 Å². The lowest BCUT2D eigenvalue weighted by atomic mass is 9.97. The van der Waals surface area contributed by atoms with Crippen LogP contribution in [-0.4, -0.2) is 87.9 Å². The fourth-order valence-corrected chi connectivity index (χ4v) is 4.39. The lowest BCUT2D eigenvalue weighted by molar-refractivity contribution is -0.187. The highest BCUT2D eigenvalue weighted by molar-refractivity contribution is 5.90. The van der Waals surface area contributed by atoms with Crippen molar-refractivity contribution in [1.82, 2.24) is 15.7 Å². The number of hydroxylamine groups is 2. The molecule has 4 rings (SSSR count). The molecule has 1 aromatic rings. The smallest absolute Gasteiger partial charge is 0.414 e. The van der Waals surface area contributed by atoms with E-state index in [1.54, 1.807) is 11.0 Å². The van der Waals surface area contributed by atoms with Crippen LogP contribution >= 0.6 is 0 Å². The van der Waals surface area contributed by atoms with Crippen LogP contribution in [-0.2, 0) is 19.2 Å². The Morgan fingerprint density at radius 3 is 2.66 bits per heavy atom. The van der Waals surface area contributed by atoms with Gasteiger partial charge in [-0.25, -0.2) is 14.2 Å². The minimum Gasteiger partial charge on any atom is -0.442 e. The molecule has 3 aliphatic heterocycles. The van der Waals surface area contributed by atoms with Crippen molar-refractivity contribution in [2.24, 2.45) is 5.92 Å². The van der Waals surface area contributed by atoms with Gasteiger partial charge in [-0.15, -0.1) is 0 Å². The molecule has 0 aromatic heterocycles. The van der Waals surface area contributed by atoms with Crippen LogP contribution in [0, 0.1) is 11.7 Å². The van der Waals surface area contributed by atoms with Crippen LogP contribution in [0.5, 0.6) is 0 Å². The summed E-state index contributed by atoms with van der Waals surface area (Å²) in [5.41, 5.74) is 0.551. The van der Waals surface area contributed by atoms with Crippen LogP contribution in [0.1, 0.15) is 12.8 Å². The van der Waals surface area contributed by atoms with Crippen LogP contribution in [0.3, 0.4) is 0 Å². The number of piperidine rings is 1. The maximum absolute atomic E-state index is 15.0. The van der Waals surface area contributed by atoms with Crippen molar-refractivity contribution in [1.29, 1.82) is 0 Å². The lowest BCUT2D eigenvalue weighted by Gasteiger charge is -2.28. The fraction of sp³-hybridized carbons (Fsp3) is 0.591. The van der Waals surface area contributed by atoms with Gasteiger partial charge in [-0.05, 0) is 44.1 Å². The molecule has 3 heterocycles. The molecule has 13 heteroatoms. The van der Waals surface area contributed by atoms with E-state index < -0.39 is 30.3 Å². The molecule has 3 fully saturated rings. The van der Waals surface area contributed by atoms with Gasteiger partial charge in [-0.1, -0.05) is 0 Å². The molecule has 1 atom stereocenters. The summed E-state index contributed by atoms with van der Waals surface area (Å²) < 4.78 is 44.8. The summed E-state index contributed by atoms with van der Waals surface area (Å²) in [5.74, 6) is -2.14. The summed E-state index contributed by atoms with van der Waals surface area (Å²) in [5, 5.41) is 6.61. The number of cyclic esters (lactones) is 1. The second kappa shape index (κ2) is 11.1. The van der Waals surface area contributed by atoms with Gasteiger partial charge in [0.2, 0.25) is 5.91 Å². The number of alkyl halides is 2. The summed E-state index contributed by atoms with van der Waals surface area (Å²) in [4.78, 5) is 44.6. The first-order valence-electron chi connectivity index (χ1n) is 11.6. The van der Waals surface area contributed by atoms with Crippen molar-refractivity contribution in [2.45, 2.75) is 25.4 Å². The summed E-state index contributed by atoms with van der Waals surface area (Å²) in [7, 11) is 0. The van der Waals surface area contributed by atoms with Crippen molar-refractivity contribution in [2.75, 3.05) is 62.2 Å². The standard InChI is InChI=1S/C22H28F3N5O5/c23-17-11-15(29-13-16(35-22(29)33)12-27-20(31)19(24)25)1-2-18(17)28-7-8-30(34-10-9-28)21(32)14-3-5-26-6-4-14/h1-2,11,14,16,19,26H,3-10,12-13H2,(H,27,31)/t16-/m0/s1. The first kappa shape index (κ1) is 25.0. The van der Waals surface area contributed by atoms with Crippen LogP contribution in [0.15, 0.2) is 18.2 Å². The number of hydrogen-bond donors (Lipinski definition) is 2. The molecule has 0 bridgehead atoms. The van der Waals surface area contributed by atoms with E-state index in [1.165, 1.54) is 22.1 Å². The molecule has 3 amide bonds. The quantitative estimate of drug-likeness (QED) is 0.605. The zero-order chi connectivity index (χ0) is 24.9. The molecule has 0 radical (unpaired) electrons. The molecule has 0 saturated carbocycles. The van der Waals surface area contributed by atoms with Crippen LogP contribution in [0.2, 0.25) is 0 Å². The number of benzene rings is 1. The van der Waals surface area contributed by atoms with E-state index in [0.717, 1.165) is 25.9 Å². The molecule has 3 aliphatic rings. The number of hydrogen-bond acceptors (Lipinski definition) is 7. The average Bonchev–Trinajstić information content (AvgIpc) is 3.06. The van der Waals surface area contributed by atoms with Gasteiger partial charge in [-0.2, -0.15) is 8.78 Å². The van der Waals surface area contributed by atoms with E-state index in [9.17, 15) is 23.2 Å². The minimum absolute atomic E-state index is 0.0214. The Labute approximate surface area is 200 Å². The second-order valence-electron chi connectivity index (χ2n) is 8.58. The number of carbonyl (C=O) groups is 3. The van der Waals surface area contributed by atoms with Gasteiger partial charge in [-0.3, -0.25) is 19.3 Å². The van der Waals surface area contributed by atoms with E-state index in [2.05, 4.69) is 5.32 Å². The summed E-state index contributed by atoms with van der Waals surface area (Å²) >= 11 is 0. The number of halogens is 3. The highest BCUT2D eigenvalue weighted by atomic mass is 19.3. The largest absolute Gasteiger partial charge is 0.442 e. The zero-order valence-corrected chi connectivity index (χ0v) is 19.1. The lowest BCUT2D eigenvalue weighted by Crippen LogP contribution is -2.42. The normalized spacial score (nSPS) is 21.8. The van der Waals surface area contributed by atoms with Gasteiger partial charge in [0.15, 0.2) is 0 Å². The van der Waals surface area contributed by atoms with E-state index in [-0.39, 0.29) is 37.2 Å². The number of anilines is 2. The first-order chi connectivity index (χ1) is 16.8. The average molecular weight is 499 g/mol.